The van der Waals surface area contributed by atoms with Gasteiger partial charge in [0.2, 0.25) is 17.7 Å². The Morgan fingerprint density at radius 2 is 1.25 bits per heavy atom. The van der Waals surface area contributed by atoms with E-state index in [1.54, 1.807) is 0 Å². The highest BCUT2D eigenvalue weighted by Crippen LogP contribution is 2.07. The van der Waals surface area contributed by atoms with Crippen molar-refractivity contribution < 1.29 is 34.5 Å². The molecule has 0 aromatic heterocycles. The Balaban J connectivity index is 5.35. The predicted octanol–water partition coefficient (Wildman–Crippen LogP) is -2.32. The van der Waals surface area contributed by atoms with Crippen LogP contribution >= 0.6 is 0 Å². The second-order valence-corrected chi connectivity index (χ2v) is 7.27. The fourth-order valence-electron chi connectivity index (χ4n) is 2.30. The van der Waals surface area contributed by atoms with E-state index in [9.17, 15) is 29.4 Å². The highest BCUT2D eigenvalue weighted by molar-refractivity contribution is 5.94. The van der Waals surface area contributed by atoms with Crippen molar-refractivity contribution in [3.8, 4) is 0 Å². The van der Waals surface area contributed by atoms with Gasteiger partial charge < -0.3 is 37.0 Å². The maximum atomic E-state index is 12.6. The smallest absolute Gasteiger partial charge is 0.328 e. The number of carboxylic acids is 1. The van der Waals surface area contributed by atoms with Gasteiger partial charge in [-0.25, -0.2) is 4.79 Å². The molecular weight excluding hydrogens is 372 g/mol. The Morgan fingerprint density at radius 1 is 0.786 bits per heavy atom. The van der Waals surface area contributed by atoms with E-state index in [1.165, 1.54) is 20.8 Å². The third-order valence-corrected chi connectivity index (χ3v) is 3.86. The first-order valence-corrected chi connectivity index (χ1v) is 9.03. The number of aliphatic hydroxyl groups excluding tert-OH is 2. The van der Waals surface area contributed by atoms with Crippen molar-refractivity contribution in [2.24, 2.45) is 11.7 Å². The minimum absolute atomic E-state index is 0.0228. The summed E-state index contributed by atoms with van der Waals surface area (Å²) < 4.78 is 0. The van der Waals surface area contributed by atoms with E-state index in [0.717, 1.165) is 0 Å². The minimum Gasteiger partial charge on any atom is -0.480 e. The lowest BCUT2D eigenvalue weighted by Crippen LogP contribution is -2.60. The number of rotatable bonds is 11. The summed E-state index contributed by atoms with van der Waals surface area (Å²) in [6.07, 6.45) is -2.51. The molecule has 6 unspecified atom stereocenters. The van der Waals surface area contributed by atoms with Crippen molar-refractivity contribution in [3.63, 3.8) is 0 Å². The van der Waals surface area contributed by atoms with Crippen LogP contribution in [0.3, 0.4) is 0 Å². The summed E-state index contributed by atoms with van der Waals surface area (Å²) in [6, 6.07) is -4.95. The molecular formula is C17H32N4O7. The van der Waals surface area contributed by atoms with Crippen LogP contribution in [0.4, 0.5) is 0 Å². The molecule has 0 aliphatic rings. The molecule has 0 aromatic rings. The monoisotopic (exact) mass is 404 g/mol. The Labute approximate surface area is 164 Å². The van der Waals surface area contributed by atoms with Gasteiger partial charge in [-0.1, -0.05) is 13.8 Å². The van der Waals surface area contributed by atoms with Gasteiger partial charge in [0.05, 0.1) is 18.2 Å². The van der Waals surface area contributed by atoms with Gasteiger partial charge in [0.1, 0.15) is 12.1 Å². The van der Waals surface area contributed by atoms with Crippen molar-refractivity contribution in [1.82, 2.24) is 16.0 Å². The van der Waals surface area contributed by atoms with Crippen LogP contribution in [0.5, 0.6) is 0 Å². The molecule has 3 amide bonds. The molecule has 0 radical (unpaired) electrons. The van der Waals surface area contributed by atoms with E-state index in [4.69, 9.17) is 10.8 Å². The predicted molar refractivity (Wildman–Crippen MR) is 99.9 cm³/mol. The van der Waals surface area contributed by atoms with Crippen molar-refractivity contribution in [3.05, 3.63) is 0 Å². The largest absolute Gasteiger partial charge is 0.480 e. The van der Waals surface area contributed by atoms with Crippen molar-refractivity contribution in [2.45, 2.75) is 77.4 Å². The van der Waals surface area contributed by atoms with Crippen molar-refractivity contribution in [1.29, 1.82) is 0 Å². The summed E-state index contributed by atoms with van der Waals surface area (Å²) in [7, 11) is 0. The number of nitrogens with two attached hydrogens (primary N) is 1. The molecule has 0 aromatic carbocycles. The summed E-state index contributed by atoms with van der Waals surface area (Å²) in [6.45, 7) is 7.53. The number of carbonyl (C=O) groups excluding carboxylic acids is 3. The molecule has 162 valence electrons. The van der Waals surface area contributed by atoms with Gasteiger partial charge in [-0.3, -0.25) is 14.4 Å². The first kappa shape index (κ1) is 25.8. The number of carboxylic acid groups (broad SMARTS) is 1. The van der Waals surface area contributed by atoms with Gasteiger partial charge in [0.25, 0.3) is 0 Å². The number of amides is 3. The first-order valence-electron chi connectivity index (χ1n) is 9.03. The summed E-state index contributed by atoms with van der Waals surface area (Å²) in [5, 5.41) is 35.3. The SMILES string of the molecule is CC(C)CC(NC(=O)C(C)N)C(=O)NC(C(=O)NC(C(=O)O)C(C)O)C(C)O. The lowest BCUT2D eigenvalue weighted by molar-refractivity contribution is -0.146. The van der Waals surface area contributed by atoms with E-state index in [-0.39, 0.29) is 12.3 Å². The molecule has 0 saturated carbocycles. The van der Waals surface area contributed by atoms with Crippen LogP contribution in [0, 0.1) is 5.92 Å². The molecule has 0 spiro atoms. The van der Waals surface area contributed by atoms with E-state index in [2.05, 4.69) is 16.0 Å². The van der Waals surface area contributed by atoms with Gasteiger partial charge in [0, 0.05) is 0 Å². The Kier molecular flexibility index (Phi) is 10.6. The van der Waals surface area contributed by atoms with Gasteiger partial charge in [-0.2, -0.15) is 0 Å². The van der Waals surface area contributed by atoms with Gasteiger partial charge in [-0.05, 0) is 33.1 Å². The third-order valence-electron chi connectivity index (χ3n) is 3.86. The van der Waals surface area contributed by atoms with Crippen LogP contribution in [-0.2, 0) is 19.2 Å². The maximum Gasteiger partial charge on any atom is 0.328 e. The van der Waals surface area contributed by atoms with E-state index in [0.29, 0.717) is 0 Å². The van der Waals surface area contributed by atoms with Gasteiger partial charge in [-0.15, -0.1) is 0 Å². The first-order chi connectivity index (χ1) is 12.8. The molecule has 8 N–H and O–H groups in total. The maximum absolute atomic E-state index is 12.6. The lowest BCUT2D eigenvalue weighted by atomic mass is 10.0. The average Bonchev–Trinajstić information content (AvgIpc) is 2.54. The topological polar surface area (TPSA) is 191 Å². The van der Waals surface area contributed by atoms with Crippen LogP contribution in [-0.4, -0.2) is 75.4 Å². The minimum atomic E-state index is -1.62. The van der Waals surface area contributed by atoms with Gasteiger partial charge >= 0.3 is 5.97 Å². The summed E-state index contributed by atoms with van der Waals surface area (Å²) in [5.41, 5.74) is 5.50. The fourth-order valence-corrected chi connectivity index (χ4v) is 2.30. The van der Waals surface area contributed by atoms with Crippen molar-refractivity contribution >= 4 is 23.7 Å². The zero-order valence-corrected chi connectivity index (χ0v) is 16.8. The zero-order valence-electron chi connectivity index (χ0n) is 16.8. The number of nitrogens with one attached hydrogen (secondary N) is 3. The second kappa shape index (κ2) is 11.6. The molecule has 0 aliphatic carbocycles. The summed E-state index contributed by atoms with van der Waals surface area (Å²) in [5.74, 6) is -3.72. The van der Waals surface area contributed by atoms with Crippen LogP contribution in [0.2, 0.25) is 0 Å². The number of carbonyl (C=O) groups is 4. The molecule has 11 nitrogen and oxygen atoms in total. The summed E-state index contributed by atoms with van der Waals surface area (Å²) in [4.78, 5) is 47.9. The molecule has 0 fully saturated rings. The zero-order chi connectivity index (χ0) is 22.2. The molecule has 0 bridgehead atoms. The molecule has 0 aliphatic heterocycles. The quantitative estimate of drug-likeness (QED) is 0.199. The molecule has 11 heteroatoms. The molecule has 6 atom stereocenters. The standard InChI is InChI=1S/C17H32N4O7/c1-7(2)6-11(19-14(24)8(3)18)15(25)20-12(9(4)22)16(26)21-13(10(5)23)17(27)28/h7-13,22-23H,6,18H2,1-5H3,(H,19,24)(H,20,25)(H,21,26)(H,27,28). The van der Waals surface area contributed by atoms with Crippen molar-refractivity contribution in [2.75, 3.05) is 0 Å². The third kappa shape index (κ3) is 8.63. The Morgan fingerprint density at radius 3 is 1.61 bits per heavy atom. The second-order valence-electron chi connectivity index (χ2n) is 7.27. The number of hydrogen-bond donors (Lipinski definition) is 7. The molecule has 0 saturated heterocycles. The fraction of sp³-hybridized carbons (Fsp3) is 0.765. The van der Waals surface area contributed by atoms with Crippen LogP contribution in [0.15, 0.2) is 0 Å². The van der Waals surface area contributed by atoms with E-state index < -0.39 is 60.1 Å². The molecule has 28 heavy (non-hydrogen) atoms. The average molecular weight is 404 g/mol. The normalized spacial score (nSPS) is 17.6. The highest BCUT2D eigenvalue weighted by Gasteiger charge is 2.33. The van der Waals surface area contributed by atoms with Crippen LogP contribution in [0.25, 0.3) is 0 Å². The molecule has 0 rings (SSSR count). The number of aliphatic hydroxyl groups is 2. The van der Waals surface area contributed by atoms with Gasteiger partial charge in [0.15, 0.2) is 6.04 Å². The van der Waals surface area contributed by atoms with Crippen LogP contribution < -0.4 is 21.7 Å². The Hall–Kier alpha value is -2.24. The highest BCUT2D eigenvalue weighted by atomic mass is 16.4. The summed E-state index contributed by atoms with van der Waals surface area (Å²) >= 11 is 0. The molecule has 0 heterocycles. The van der Waals surface area contributed by atoms with E-state index in [1.807, 2.05) is 13.8 Å². The number of hydrogen-bond acceptors (Lipinski definition) is 7. The van der Waals surface area contributed by atoms with E-state index >= 15 is 0 Å². The Bertz CT molecular complexity index is 564. The lowest BCUT2D eigenvalue weighted by Gasteiger charge is -2.27. The number of aliphatic carboxylic acids is 1. The van der Waals surface area contributed by atoms with Crippen LogP contribution in [0.1, 0.15) is 41.0 Å².